The van der Waals surface area contributed by atoms with E-state index in [9.17, 15) is 9.59 Å². The summed E-state index contributed by atoms with van der Waals surface area (Å²) in [6.45, 7) is 6.90. The van der Waals surface area contributed by atoms with E-state index in [0.29, 0.717) is 41.8 Å². The monoisotopic (exact) mass is 497 g/mol. The van der Waals surface area contributed by atoms with Crippen molar-refractivity contribution in [1.29, 1.82) is 0 Å². The van der Waals surface area contributed by atoms with Crippen molar-refractivity contribution in [3.8, 4) is 11.3 Å². The molecular formula is C28H31N7O2. The molecule has 1 aliphatic rings. The summed E-state index contributed by atoms with van der Waals surface area (Å²) in [6, 6.07) is 21.8. The predicted octanol–water partition coefficient (Wildman–Crippen LogP) is 3.09. The van der Waals surface area contributed by atoms with Crippen LogP contribution < -0.4 is 15.8 Å². The summed E-state index contributed by atoms with van der Waals surface area (Å²) in [4.78, 5) is 35.0. The van der Waals surface area contributed by atoms with Crippen molar-refractivity contribution in [3.63, 3.8) is 0 Å². The molecule has 0 aliphatic carbocycles. The Labute approximate surface area is 216 Å². The lowest BCUT2D eigenvalue weighted by atomic mass is 10.1. The molecule has 1 saturated heterocycles. The minimum atomic E-state index is -0.398. The summed E-state index contributed by atoms with van der Waals surface area (Å²) in [6.07, 6.45) is 1.95. The smallest absolute Gasteiger partial charge is 0.270 e. The number of pyridine rings is 1. The highest BCUT2D eigenvalue weighted by Gasteiger charge is 2.20. The molecule has 0 unspecified atom stereocenters. The van der Waals surface area contributed by atoms with E-state index in [4.69, 9.17) is 4.98 Å². The maximum absolute atomic E-state index is 13.1. The third-order valence-corrected chi connectivity index (χ3v) is 6.69. The highest BCUT2D eigenvalue weighted by atomic mass is 16.2. The lowest BCUT2D eigenvalue weighted by Crippen LogP contribution is -2.48. The van der Waals surface area contributed by atoms with Crippen molar-refractivity contribution in [2.24, 2.45) is 0 Å². The molecule has 0 atom stereocenters. The van der Waals surface area contributed by atoms with Gasteiger partial charge in [0.1, 0.15) is 0 Å². The number of piperazine rings is 1. The number of fused-ring (bicyclic) bond motifs is 1. The molecule has 0 spiro atoms. The van der Waals surface area contributed by atoms with E-state index in [1.807, 2.05) is 43.3 Å². The van der Waals surface area contributed by atoms with Crippen molar-refractivity contribution in [3.05, 3.63) is 78.5 Å². The van der Waals surface area contributed by atoms with Gasteiger partial charge in [-0.2, -0.15) is 5.10 Å². The normalized spacial score (nSPS) is 14.0. The lowest BCUT2D eigenvalue weighted by molar-refractivity contribution is -0.122. The zero-order valence-corrected chi connectivity index (χ0v) is 20.9. The van der Waals surface area contributed by atoms with Crippen LogP contribution in [0.4, 0.5) is 5.69 Å². The van der Waals surface area contributed by atoms with Gasteiger partial charge in [-0.3, -0.25) is 25.3 Å². The highest BCUT2D eigenvalue weighted by molar-refractivity contribution is 6.06. The van der Waals surface area contributed by atoms with E-state index in [2.05, 4.69) is 50.0 Å². The van der Waals surface area contributed by atoms with E-state index >= 15 is 0 Å². The van der Waals surface area contributed by atoms with Gasteiger partial charge in [0, 0.05) is 56.9 Å². The Morgan fingerprint density at radius 2 is 1.62 bits per heavy atom. The van der Waals surface area contributed by atoms with Crippen LogP contribution in [-0.4, -0.2) is 64.2 Å². The Morgan fingerprint density at radius 1 is 0.919 bits per heavy atom. The number of carbonyl (C=O) groups excluding carboxylic acids is 2. The largest absolute Gasteiger partial charge is 0.369 e. The van der Waals surface area contributed by atoms with Gasteiger partial charge in [-0.1, -0.05) is 48.5 Å². The van der Waals surface area contributed by atoms with E-state index in [0.717, 1.165) is 31.7 Å². The third kappa shape index (κ3) is 5.62. The second-order valence-electron chi connectivity index (χ2n) is 9.04. The van der Waals surface area contributed by atoms with Crippen LogP contribution in [0.1, 0.15) is 23.7 Å². The first-order valence-electron chi connectivity index (χ1n) is 12.7. The van der Waals surface area contributed by atoms with Crippen LogP contribution in [-0.2, 0) is 11.3 Å². The van der Waals surface area contributed by atoms with Gasteiger partial charge >= 0.3 is 0 Å². The van der Waals surface area contributed by atoms with Gasteiger partial charge < -0.3 is 4.90 Å². The Balaban J connectivity index is 1.18. The number of hydrazine groups is 1. The molecule has 5 rings (SSSR count). The van der Waals surface area contributed by atoms with Gasteiger partial charge in [-0.15, -0.1) is 0 Å². The fourth-order valence-electron chi connectivity index (χ4n) is 4.61. The second kappa shape index (κ2) is 11.2. The topological polar surface area (TPSA) is 95.4 Å². The van der Waals surface area contributed by atoms with Gasteiger partial charge in [-0.25, -0.2) is 9.67 Å². The summed E-state index contributed by atoms with van der Waals surface area (Å²) < 4.78 is 1.76. The number of anilines is 1. The van der Waals surface area contributed by atoms with Crippen LogP contribution in [0.2, 0.25) is 0 Å². The van der Waals surface area contributed by atoms with Crippen molar-refractivity contribution >= 4 is 28.5 Å². The lowest BCUT2D eigenvalue weighted by Gasteiger charge is -2.36. The average molecular weight is 498 g/mol. The molecule has 190 valence electrons. The quantitative estimate of drug-likeness (QED) is 0.381. The Bertz CT molecular complexity index is 1360. The molecule has 4 aromatic rings. The van der Waals surface area contributed by atoms with E-state index in [1.54, 1.807) is 16.9 Å². The number of aryl methyl sites for hydroxylation is 1. The molecule has 9 heteroatoms. The van der Waals surface area contributed by atoms with Gasteiger partial charge in [0.2, 0.25) is 5.91 Å². The van der Waals surface area contributed by atoms with Gasteiger partial charge in [0.25, 0.3) is 5.91 Å². The third-order valence-electron chi connectivity index (χ3n) is 6.69. The van der Waals surface area contributed by atoms with E-state index in [-0.39, 0.29) is 5.91 Å². The minimum absolute atomic E-state index is 0.225. The van der Waals surface area contributed by atoms with Gasteiger partial charge in [0.15, 0.2) is 5.65 Å². The molecule has 2 aromatic carbocycles. The maximum Gasteiger partial charge on any atom is 0.270 e. The summed E-state index contributed by atoms with van der Waals surface area (Å²) >= 11 is 0. The first kappa shape index (κ1) is 24.5. The second-order valence-corrected chi connectivity index (χ2v) is 9.04. The standard InChI is InChI=1S/C28H31N7O2/c1-2-35-27-24(20-29-35)23(19-25(30-27)21-9-5-3-6-10-21)28(37)32-31-26(36)13-14-33-15-17-34(18-16-33)22-11-7-4-8-12-22/h3-12,19-20H,2,13-18H2,1H3,(H,31,36)(H,32,37). The van der Waals surface area contributed by atoms with Gasteiger partial charge in [0.05, 0.1) is 22.8 Å². The first-order valence-corrected chi connectivity index (χ1v) is 12.7. The summed E-state index contributed by atoms with van der Waals surface area (Å²) in [7, 11) is 0. The fraction of sp³-hybridized carbons (Fsp3) is 0.286. The number of hydrogen-bond donors (Lipinski definition) is 2. The summed E-state index contributed by atoms with van der Waals surface area (Å²) in [5.41, 5.74) is 9.02. The molecule has 9 nitrogen and oxygen atoms in total. The Morgan fingerprint density at radius 3 is 2.32 bits per heavy atom. The van der Waals surface area contributed by atoms with Crippen LogP contribution in [0.15, 0.2) is 72.9 Å². The fourth-order valence-corrected chi connectivity index (χ4v) is 4.61. The number of aromatic nitrogens is 3. The average Bonchev–Trinajstić information content (AvgIpc) is 3.38. The van der Waals surface area contributed by atoms with Crippen LogP contribution in [0.3, 0.4) is 0 Å². The molecule has 2 amide bonds. The van der Waals surface area contributed by atoms with Crippen LogP contribution in [0.5, 0.6) is 0 Å². The van der Waals surface area contributed by atoms with Crippen LogP contribution in [0.25, 0.3) is 22.3 Å². The molecule has 0 bridgehead atoms. The zero-order chi connectivity index (χ0) is 25.6. The SMILES string of the molecule is CCn1ncc2c(C(=O)NNC(=O)CCN3CCN(c4ccccc4)CC3)cc(-c3ccccc3)nc21. The van der Waals surface area contributed by atoms with Crippen molar-refractivity contribution in [2.75, 3.05) is 37.6 Å². The summed E-state index contributed by atoms with van der Waals surface area (Å²) in [5.74, 6) is -0.623. The van der Waals surface area contributed by atoms with Gasteiger partial charge in [-0.05, 0) is 25.1 Å². The minimum Gasteiger partial charge on any atom is -0.369 e. The van der Waals surface area contributed by atoms with E-state index in [1.165, 1.54) is 5.69 Å². The molecule has 0 radical (unpaired) electrons. The Kier molecular flexibility index (Phi) is 7.41. The molecule has 3 heterocycles. The maximum atomic E-state index is 13.1. The molecule has 2 N–H and O–H groups in total. The zero-order valence-electron chi connectivity index (χ0n) is 20.9. The number of nitrogens with one attached hydrogen (secondary N) is 2. The number of para-hydroxylation sites is 1. The number of amides is 2. The molecule has 37 heavy (non-hydrogen) atoms. The number of nitrogens with zero attached hydrogens (tertiary/aromatic N) is 5. The molecule has 0 saturated carbocycles. The highest BCUT2D eigenvalue weighted by Crippen LogP contribution is 2.25. The number of hydrogen-bond acceptors (Lipinski definition) is 6. The van der Waals surface area contributed by atoms with Crippen molar-refractivity contribution in [1.82, 2.24) is 30.5 Å². The molecular weight excluding hydrogens is 466 g/mol. The molecule has 1 fully saturated rings. The van der Waals surface area contributed by atoms with Crippen LogP contribution >= 0.6 is 0 Å². The van der Waals surface area contributed by atoms with Crippen molar-refractivity contribution < 1.29 is 9.59 Å². The summed E-state index contributed by atoms with van der Waals surface area (Å²) in [5, 5.41) is 5.01. The number of benzene rings is 2. The van der Waals surface area contributed by atoms with Crippen molar-refractivity contribution in [2.45, 2.75) is 19.9 Å². The Hall–Kier alpha value is -4.24. The predicted molar refractivity (Wildman–Crippen MR) is 144 cm³/mol. The molecule has 1 aliphatic heterocycles. The number of carbonyl (C=O) groups is 2. The van der Waals surface area contributed by atoms with E-state index < -0.39 is 5.91 Å². The van der Waals surface area contributed by atoms with Crippen LogP contribution in [0, 0.1) is 0 Å². The first-order chi connectivity index (χ1) is 18.1. The molecule has 2 aromatic heterocycles. The number of rotatable bonds is 7.